The van der Waals surface area contributed by atoms with Crippen LogP contribution in [0.25, 0.3) is 0 Å². The predicted molar refractivity (Wildman–Crippen MR) is 47.2 cm³/mol. The summed E-state index contributed by atoms with van der Waals surface area (Å²) in [6, 6.07) is 0. The number of nitrogens with zero attached hydrogens (tertiary/aromatic N) is 1. The molecule has 1 heterocycles. The highest BCUT2D eigenvalue weighted by Gasteiger charge is 2.10. The van der Waals surface area contributed by atoms with Gasteiger partial charge in [-0.25, -0.2) is 0 Å². The molecular weight excluding hydrogens is 152 g/mol. The minimum absolute atomic E-state index is 0.283. The van der Waals surface area contributed by atoms with E-state index in [0.29, 0.717) is 5.56 Å². The molecule has 0 aliphatic heterocycles. The van der Waals surface area contributed by atoms with Crippen LogP contribution >= 0.6 is 0 Å². The predicted octanol–water partition coefficient (Wildman–Crippen LogP) is 1.90. The molecule has 0 aromatic carbocycles. The quantitative estimate of drug-likeness (QED) is 0.545. The Morgan fingerprint density at radius 3 is 3.17 bits per heavy atom. The van der Waals surface area contributed by atoms with Gasteiger partial charge in [-0.1, -0.05) is 13.0 Å². The fourth-order valence-corrected chi connectivity index (χ4v) is 1.16. The van der Waals surface area contributed by atoms with Gasteiger partial charge < -0.3 is 0 Å². The number of aromatic nitrogens is 2. The Kier molecular flexibility index (Phi) is 2.80. The van der Waals surface area contributed by atoms with Crippen LogP contribution in [-0.4, -0.2) is 16.5 Å². The number of aromatic amines is 1. The van der Waals surface area contributed by atoms with E-state index in [-0.39, 0.29) is 5.92 Å². The van der Waals surface area contributed by atoms with Crippen molar-refractivity contribution in [2.75, 3.05) is 0 Å². The molecule has 1 aromatic heterocycles. The highest BCUT2D eigenvalue weighted by atomic mass is 16.1. The molecule has 3 heteroatoms. The lowest BCUT2D eigenvalue weighted by atomic mass is 10.0. The topological polar surface area (TPSA) is 45.8 Å². The number of hydrogen-bond donors (Lipinski definition) is 1. The van der Waals surface area contributed by atoms with Crippen molar-refractivity contribution in [2.45, 2.75) is 19.3 Å². The van der Waals surface area contributed by atoms with Gasteiger partial charge in [-0.3, -0.25) is 9.89 Å². The zero-order valence-corrected chi connectivity index (χ0v) is 7.08. The van der Waals surface area contributed by atoms with Gasteiger partial charge in [0.15, 0.2) is 6.29 Å². The summed E-state index contributed by atoms with van der Waals surface area (Å²) in [4.78, 5) is 10.5. The first-order valence-electron chi connectivity index (χ1n) is 3.89. The number of carbonyl (C=O) groups excluding carboxylic acids is 1. The normalized spacial score (nSPS) is 12.4. The maximum absolute atomic E-state index is 10.5. The van der Waals surface area contributed by atoms with Crippen molar-refractivity contribution < 1.29 is 4.79 Å². The monoisotopic (exact) mass is 164 g/mol. The lowest BCUT2D eigenvalue weighted by Gasteiger charge is -2.05. The average molecular weight is 164 g/mol. The van der Waals surface area contributed by atoms with Gasteiger partial charge >= 0.3 is 0 Å². The molecule has 0 saturated heterocycles. The van der Waals surface area contributed by atoms with Gasteiger partial charge in [0.25, 0.3) is 0 Å². The van der Waals surface area contributed by atoms with Crippen molar-refractivity contribution >= 4 is 6.29 Å². The Hall–Kier alpha value is -1.38. The number of H-pyrrole nitrogens is 1. The molecule has 0 saturated carbocycles. The van der Waals surface area contributed by atoms with E-state index < -0.39 is 0 Å². The molecule has 12 heavy (non-hydrogen) atoms. The van der Waals surface area contributed by atoms with E-state index in [0.717, 1.165) is 18.4 Å². The van der Waals surface area contributed by atoms with Crippen molar-refractivity contribution in [3.05, 3.63) is 30.1 Å². The van der Waals surface area contributed by atoms with E-state index in [1.54, 1.807) is 6.20 Å². The molecule has 1 rings (SSSR count). The van der Waals surface area contributed by atoms with Crippen LogP contribution in [0.2, 0.25) is 0 Å². The van der Waals surface area contributed by atoms with Crippen molar-refractivity contribution in [3.8, 4) is 0 Å². The summed E-state index contributed by atoms with van der Waals surface area (Å²) < 4.78 is 0. The number of aldehydes is 1. The maximum Gasteiger partial charge on any atom is 0.153 e. The van der Waals surface area contributed by atoms with E-state index >= 15 is 0 Å². The molecule has 0 aliphatic carbocycles. The summed E-state index contributed by atoms with van der Waals surface area (Å²) in [5, 5.41) is 6.62. The summed E-state index contributed by atoms with van der Waals surface area (Å²) in [6.45, 7) is 5.67. The minimum Gasteiger partial charge on any atom is -0.298 e. The third-order valence-corrected chi connectivity index (χ3v) is 1.84. The number of carbonyl (C=O) groups is 1. The molecule has 0 amide bonds. The maximum atomic E-state index is 10.5. The largest absolute Gasteiger partial charge is 0.298 e. The summed E-state index contributed by atoms with van der Waals surface area (Å²) >= 11 is 0. The molecule has 1 unspecified atom stereocenters. The van der Waals surface area contributed by atoms with Crippen molar-refractivity contribution in [3.63, 3.8) is 0 Å². The fourth-order valence-electron chi connectivity index (χ4n) is 1.16. The van der Waals surface area contributed by atoms with Crippen LogP contribution in [0.3, 0.4) is 0 Å². The van der Waals surface area contributed by atoms with E-state index in [4.69, 9.17) is 0 Å². The summed E-state index contributed by atoms with van der Waals surface area (Å²) in [5.41, 5.74) is 1.54. The smallest absolute Gasteiger partial charge is 0.153 e. The molecule has 1 N–H and O–H groups in total. The van der Waals surface area contributed by atoms with Crippen LogP contribution in [0.4, 0.5) is 0 Å². The highest BCUT2D eigenvalue weighted by molar-refractivity contribution is 5.76. The van der Waals surface area contributed by atoms with Gasteiger partial charge in [0.1, 0.15) is 0 Å². The Morgan fingerprint density at radius 2 is 2.58 bits per heavy atom. The molecule has 64 valence electrons. The van der Waals surface area contributed by atoms with Gasteiger partial charge in [0.2, 0.25) is 0 Å². The average Bonchev–Trinajstić information content (AvgIpc) is 2.51. The van der Waals surface area contributed by atoms with E-state index in [1.165, 1.54) is 0 Å². The second-order valence-electron chi connectivity index (χ2n) is 2.78. The van der Waals surface area contributed by atoms with Crippen molar-refractivity contribution in [1.82, 2.24) is 10.2 Å². The molecule has 0 radical (unpaired) electrons. The minimum atomic E-state index is 0.283. The SMILES string of the molecule is C=CCC(C)c1[nH]ncc1C=O. The van der Waals surface area contributed by atoms with E-state index in [9.17, 15) is 4.79 Å². The van der Waals surface area contributed by atoms with Crippen LogP contribution in [0, 0.1) is 0 Å². The molecule has 1 aromatic rings. The summed E-state index contributed by atoms with van der Waals surface area (Å²) in [7, 11) is 0. The number of rotatable bonds is 4. The van der Waals surface area contributed by atoms with Crippen LogP contribution < -0.4 is 0 Å². The third-order valence-electron chi connectivity index (χ3n) is 1.84. The highest BCUT2D eigenvalue weighted by Crippen LogP contribution is 2.19. The summed E-state index contributed by atoms with van der Waals surface area (Å²) in [6.07, 6.45) is 5.05. The first-order chi connectivity index (χ1) is 5.79. The van der Waals surface area contributed by atoms with Crippen molar-refractivity contribution in [1.29, 1.82) is 0 Å². The zero-order valence-electron chi connectivity index (χ0n) is 7.08. The van der Waals surface area contributed by atoms with Gasteiger partial charge in [-0.15, -0.1) is 6.58 Å². The number of nitrogens with one attached hydrogen (secondary N) is 1. The first kappa shape index (κ1) is 8.71. The van der Waals surface area contributed by atoms with Crippen LogP contribution in [0.1, 0.15) is 35.3 Å². The van der Waals surface area contributed by atoms with Crippen LogP contribution in [0.15, 0.2) is 18.9 Å². The number of allylic oxidation sites excluding steroid dienone is 1. The molecule has 0 bridgehead atoms. The first-order valence-corrected chi connectivity index (χ1v) is 3.89. The van der Waals surface area contributed by atoms with Crippen molar-refractivity contribution in [2.24, 2.45) is 0 Å². The fraction of sp³-hybridized carbons (Fsp3) is 0.333. The standard InChI is InChI=1S/C9H12N2O/c1-3-4-7(2)9-8(6-12)5-10-11-9/h3,5-7H,1,4H2,2H3,(H,10,11). The zero-order chi connectivity index (χ0) is 8.97. The van der Waals surface area contributed by atoms with Gasteiger partial charge in [0, 0.05) is 11.6 Å². The van der Waals surface area contributed by atoms with Crippen LogP contribution in [0.5, 0.6) is 0 Å². The second-order valence-corrected chi connectivity index (χ2v) is 2.78. The Labute approximate surface area is 71.5 Å². The lowest BCUT2D eigenvalue weighted by Crippen LogP contribution is -1.96. The Balaban J connectivity index is 2.84. The van der Waals surface area contributed by atoms with Gasteiger partial charge in [-0.05, 0) is 6.42 Å². The third kappa shape index (κ3) is 1.61. The molecule has 3 nitrogen and oxygen atoms in total. The molecule has 1 atom stereocenters. The van der Waals surface area contributed by atoms with E-state index in [2.05, 4.69) is 16.8 Å². The Morgan fingerprint density at radius 1 is 1.83 bits per heavy atom. The Bertz CT molecular complexity index is 278. The number of hydrogen-bond acceptors (Lipinski definition) is 2. The molecule has 0 spiro atoms. The summed E-state index contributed by atoms with van der Waals surface area (Å²) in [5.74, 6) is 0.283. The molecule has 0 fully saturated rings. The molecule has 0 aliphatic rings. The van der Waals surface area contributed by atoms with Crippen LogP contribution in [-0.2, 0) is 0 Å². The lowest BCUT2D eigenvalue weighted by molar-refractivity contribution is 0.112. The van der Waals surface area contributed by atoms with Gasteiger partial charge in [0.05, 0.1) is 11.8 Å². The second kappa shape index (κ2) is 3.85. The molecular formula is C9H12N2O. The van der Waals surface area contributed by atoms with Gasteiger partial charge in [-0.2, -0.15) is 5.10 Å². The van der Waals surface area contributed by atoms with E-state index in [1.807, 2.05) is 13.0 Å².